The van der Waals surface area contributed by atoms with Crippen LogP contribution in [0.2, 0.25) is 0 Å². The van der Waals surface area contributed by atoms with E-state index >= 15 is 0 Å². The third-order valence-corrected chi connectivity index (χ3v) is 1.69. The van der Waals surface area contributed by atoms with E-state index in [1.165, 1.54) is 5.56 Å². The standard InChI is InChI=1S/C10H14N2/c1-4-9-7-8(2)5-6-10(9)12-11-3/h4-7,11-12H,1H2,2-3H3. The molecule has 0 aliphatic carbocycles. The maximum atomic E-state index is 3.75. The van der Waals surface area contributed by atoms with E-state index in [0.717, 1.165) is 11.3 Å². The van der Waals surface area contributed by atoms with Gasteiger partial charge in [0.25, 0.3) is 0 Å². The number of nitrogens with one attached hydrogen (secondary N) is 2. The van der Waals surface area contributed by atoms with E-state index in [1.54, 1.807) is 0 Å². The summed E-state index contributed by atoms with van der Waals surface area (Å²) in [5, 5.41) is 0. The molecule has 0 aliphatic rings. The van der Waals surface area contributed by atoms with Gasteiger partial charge in [-0.3, -0.25) is 0 Å². The van der Waals surface area contributed by atoms with E-state index in [2.05, 4.69) is 36.5 Å². The maximum Gasteiger partial charge on any atom is 0.0559 e. The predicted molar refractivity (Wildman–Crippen MR) is 54.0 cm³/mol. The molecule has 1 aromatic rings. The van der Waals surface area contributed by atoms with Crippen molar-refractivity contribution in [1.82, 2.24) is 5.43 Å². The van der Waals surface area contributed by atoms with Crippen molar-refractivity contribution in [2.45, 2.75) is 6.92 Å². The molecule has 0 saturated heterocycles. The average Bonchev–Trinajstić information content (AvgIpc) is 2.08. The van der Waals surface area contributed by atoms with Crippen molar-refractivity contribution in [3.63, 3.8) is 0 Å². The molecule has 0 amide bonds. The van der Waals surface area contributed by atoms with Gasteiger partial charge in [-0.1, -0.05) is 24.3 Å². The summed E-state index contributed by atoms with van der Waals surface area (Å²) in [6.07, 6.45) is 1.84. The molecule has 1 rings (SSSR count). The Balaban J connectivity index is 3.02. The van der Waals surface area contributed by atoms with Crippen molar-refractivity contribution in [1.29, 1.82) is 0 Å². The Labute approximate surface area is 73.3 Å². The Hall–Kier alpha value is -1.28. The molecule has 0 atom stereocenters. The first kappa shape index (κ1) is 8.81. The molecule has 64 valence electrons. The molecule has 0 saturated carbocycles. The lowest BCUT2D eigenvalue weighted by Crippen LogP contribution is -2.15. The second-order valence-electron chi connectivity index (χ2n) is 2.67. The molecule has 0 bridgehead atoms. The summed E-state index contributed by atoms with van der Waals surface area (Å²) in [7, 11) is 1.84. The van der Waals surface area contributed by atoms with Gasteiger partial charge < -0.3 is 5.43 Å². The van der Waals surface area contributed by atoms with Crippen LogP contribution in [0.1, 0.15) is 11.1 Å². The second kappa shape index (κ2) is 3.93. The highest BCUT2D eigenvalue weighted by atomic mass is 15.3. The van der Waals surface area contributed by atoms with Crippen LogP contribution in [-0.2, 0) is 0 Å². The number of aryl methyl sites for hydroxylation is 1. The van der Waals surface area contributed by atoms with Crippen LogP contribution in [0, 0.1) is 6.92 Å². The van der Waals surface area contributed by atoms with Crippen LogP contribution in [0.15, 0.2) is 24.8 Å². The van der Waals surface area contributed by atoms with Gasteiger partial charge in [-0.2, -0.15) is 0 Å². The van der Waals surface area contributed by atoms with Crippen LogP contribution >= 0.6 is 0 Å². The number of rotatable bonds is 3. The van der Waals surface area contributed by atoms with Gasteiger partial charge in [0.2, 0.25) is 0 Å². The monoisotopic (exact) mass is 162 g/mol. The minimum atomic E-state index is 1.05. The Kier molecular flexibility index (Phi) is 2.88. The zero-order valence-electron chi connectivity index (χ0n) is 7.52. The number of benzene rings is 1. The SMILES string of the molecule is C=Cc1cc(C)ccc1NNC. The summed E-state index contributed by atoms with van der Waals surface area (Å²) in [6, 6.07) is 6.18. The lowest BCUT2D eigenvalue weighted by molar-refractivity contribution is 0.983. The first-order valence-corrected chi connectivity index (χ1v) is 3.93. The summed E-state index contributed by atoms with van der Waals surface area (Å²) >= 11 is 0. The first-order chi connectivity index (χ1) is 5.77. The van der Waals surface area contributed by atoms with Gasteiger partial charge in [0.1, 0.15) is 0 Å². The molecule has 2 heteroatoms. The van der Waals surface area contributed by atoms with Crippen molar-refractivity contribution in [2.75, 3.05) is 12.5 Å². The minimum Gasteiger partial charge on any atom is -0.321 e. The average molecular weight is 162 g/mol. The van der Waals surface area contributed by atoms with E-state index in [-0.39, 0.29) is 0 Å². The van der Waals surface area contributed by atoms with Crippen LogP contribution in [-0.4, -0.2) is 7.05 Å². The van der Waals surface area contributed by atoms with E-state index < -0.39 is 0 Å². The first-order valence-electron chi connectivity index (χ1n) is 3.93. The van der Waals surface area contributed by atoms with Crippen LogP contribution in [0.25, 0.3) is 6.08 Å². The lowest BCUT2D eigenvalue weighted by atomic mass is 10.1. The predicted octanol–water partition coefficient (Wildman–Crippen LogP) is 2.18. The maximum absolute atomic E-state index is 3.75. The van der Waals surface area contributed by atoms with Gasteiger partial charge in [-0.05, 0) is 24.6 Å². The summed E-state index contributed by atoms with van der Waals surface area (Å²) in [4.78, 5) is 0. The Morgan fingerprint density at radius 2 is 2.17 bits per heavy atom. The summed E-state index contributed by atoms with van der Waals surface area (Å²) < 4.78 is 0. The van der Waals surface area contributed by atoms with Crippen molar-refractivity contribution in [3.8, 4) is 0 Å². The fourth-order valence-corrected chi connectivity index (χ4v) is 1.10. The third-order valence-electron chi connectivity index (χ3n) is 1.69. The molecule has 12 heavy (non-hydrogen) atoms. The summed E-state index contributed by atoms with van der Waals surface area (Å²) in [5.41, 5.74) is 9.32. The number of hydrogen-bond donors (Lipinski definition) is 2. The molecule has 0 fully saturated rings. The Bertz CT molecular complexity index is 279. The van der Waals surface area contributed by atoms with E-state index in [9.17, 15) is 0 Å². The normalized spacial score (nSPS) is 9.50. The fourth-order valence-electron chi connectivity index (χ4n) is 1.10. The molecule has 0 aromatic heterocycles. The molecule has 0 heterocycles. The fraction of sp³-hybridized carbons (Fsp3) is 0.200. The number of hydrazine groups is 1. The van der Waals surface area contributed by atoms with Gasteiger partial charge in [0, 0.05) is 7.05 Å². The zero-order valence-corrected chi connectivity index (χ0v) is 7.52. The molecule has 0 spiro atoms. The van der Waals surface area contributed by atoms with Crippen LogP contribution in [0.3, 0.4) is 0 Å². The summed E-state index contributed by atoms with van der Waals surface area (Å²) in [5.74, 6) is 0. The highest BCUT2D eigenvalue weighted by Gasteiger charge is 1.96. The molecule has 2 N–H and O–H groups in total. The Morgan fingerprint density at radius 1 is 1.42 bits per heavy atom. The van der Waals surface area contributed by atoms with E-state index in [4.69, 9.17) is 0 Å². The molecule has 2 nitrogen and oxygen atoms in total. The molecule has 0 aliphatic heterocycles. The largest absolute Gasteiger partial charge is 0.321 e. The highest BCUT2D eigenvalue weighted by Crippen LogP contribution is 2.17. The lowest BCUT2D eigenvalue weighted by Gasteiger charge is -2.08. The van der Waals surface area contributed by atoms with Gasteiger partial charge in [-0.15, -0.1) is 0 Å². The van der Waals surface area contributed by atoms with Gasteiger partial charge in [0.05, 0.1) is 5.69 Å². The van der Waals surface area contributed by atoms with Crippen LogP contribution < -0.4 is 10.9 Å². The number of hydrogen-bond acceptors (Lipinski definition) is 2. The second-order valence-corrected chi connectivity index (χ2v) is 2.67. The highest BCUT2D eigenvalue weighted by molar-refractivity contribution is 5.65. The molecule has 0 unspecified atom stereocenters. The van der Waals surface area contributed by atoms with E-state index in [0.29, 0.717) is 0 Å². The van der Waals surface area contributed by atoms with Crippen molar-refractivity contribution < 1.29 is 0 Å². The minimum absolute atomic E-state index is 1.05. The topological polar surface area (TPSA) is 24.1 Å². The van der Waals surface area contributed by atoms with Crippen LogP contribution in [0.4, 0.5) is 5.69 Å². The van der Waals surface area contributed by atoms with E-state index in [1.807, 2.05) is 19.2 Å². The van der Waals surface area contributed by atoms with Crippen molar-refractivity contribution in [3.05, 3.63) is 35.9 Å². The smallest absolute Gasteiger partial charge is 0.0559 e. The molecular formula is C10H14N2. The number of anilines is 1. The Morgan fingerprint density at radius 3 is 2.75 bits per heavy atom. The van der Waals surface area contributed by atoms with Gasteiger partial charge in [-0.25, -0.2) is 5.43 Å². The third kappa shape index (κ3) is 1.86. The quantitative estimate of drug-likeness (QED) is 0.666. The van der Waals surface area contributed by atoms with Gasteiger partial charge in [0.15, 0.2) is 0 Å². The van der Waals surface area contributed by atoms with Crippen molar-refractivity contribution >= 4 is 11.8 Å². The molecule has 0 radical (unpaired) electrons. The van der Waals surface area contributed by atoms with Crippen molar-refractivity contribution in [2.24, 2.45) is 0 Å². The van der Waals surface area contributed by atoms with Gasteiger partial charge >= 0.3 is 0 Å². The molecular weight excluding hydrogens is 148 g/mol. The summed E-state index contributed by atoms with van der Waals surface area (Å²) in [6.45, 7) is 5.81. The zero-order chi connectivity index (χ0) is 8.97. The van der Waals surface area contributed by atoms with Crippen LogP contribution in [0.5, 0.6) is 0 Å². The molecule has 1 aromatic carbocycles.